The standard InChI is InChI=1S/C8H9F2NO2/c1-12-8-3-7(10)6(9)2-5(8)4-13-11/h2-3H,4,11H2,1H3. The van der Waals surface area contributed by atoms with E-state index in [0.29, 0.717) is 5.56 Å². The monoisotopic (exact) mass is 189 g/mol. The van der Waals surface area contributed by atoms with Crippen LogP contribution in [0.15, 0.2) is 12.1 Å². The van der Waals surface area contributed by atoms with Gasteiger partial charge in [-0.25, -0.2) is 14.7 Å². The van der Waals surface area contributed by atoms with Crippen LogP contribution >= 0.6 is 0 Å². The summed E-state index contributed by atoms with van der Waals surface area (Å²) in [7, 11) is 1.35. The fourth-order valence-corrected chi connectivity index (χ4v) is 0.962. The molecule has 0 aliphatic heterocycles. The third-order valence-corrected chi connectivity index (χ3v) is 1.56. The molecule has 5 heteroatoms. The van der Waals surface area contributed by atoms with Crippen LogP contribution in [0.2, 0.25) is 0 Å². The van der Waals surface area contributed by atoms with Crippen molar-refractivity contribution in [3.63, 3.8) is 0 Å². The molecule has 0 unspecified atom stereocenters. The molecule has 0 heterocycles. The molecule has 0 aliphatic carbocycles. The molecule has 1 rings (SSSR count). The minimum atomic E-state index is -0.961. The Morgan fingerprint density at radius 3 is 2.46 bits per heavy atom. The van der Waals surface area contributed by atoms with Gasteiger partial charge in [0.05, 0.1) is 13.7 Å². The molecule has 1 aromatic carbocycles. The van der Waals surface area contributed by atoms with Crippen molar-refractivity contribution in [3.8, 4) is 5.75 Å². The van der Waals surface area contributed by atoms with Gasteiger partial charge >= 0.3 is 0 Å². The fraction of sp³-hybridized carbons (Fsp3) is 0.250. The van der Waals surface area contributed by atoms with Crippen LogP contribution in [0, 0.1) is 11.6 Å². The van der Waals surface area contributed by atoms with E-state index in [2.05, 4.69) is 4.84 Å². The third-order valence-electron chi connectivity index (χ3n) is 1.56. The predicted molar refractivity (Wildman–Crippen MR) is 41.9 cm³/mol. The van der Waals surface area contributed by atoms with Crippen molar-refractivity contribution in [1.29, 1.82) is 0 Å². The fourth-order valence-electron chi connectivity index (χ4n) is 0.962. The molecule has 13 heavy (non-hydrogen) atoms. The Morgan fingerprint density at radius 2 is 1.92 bits per heavy atom. The zero-order valence-corrected chi connectivity index (χ0v) is 7.01. The normalized spacial score (nSPS) is 10.2. The van der Waals surface area contributed by atoms with E-state index >= 15 is 0 Å². The van der Waals surface area contributed by atoms with Crippen LogP contribution in [-0.4, -0.2) is 7.11 Å². The topological polar surface area (TPSA) is 44.5 Å². The molecule has 1 aromatic rings. The van der Waals surface area contributed by atoms with Crippen LogP contribution in [0.25, 0.3) is 0 Å². The maximum absolute atomic E-state index is 12.7. The molecule has 0 radical (unpaired) electrons. The molecule has 0 spiro atoms. The van der Waals surface area contributed by atoms with Gasteiger partial charge in [-0.15, -0.1) is 0 Å². The van der Waals surface area contributed by atoms with E-state index in [9.17, 15) is 8.78 Å². The van der Waals surface area contributed by atoms with Gasteiger partial charge in [-0.05, 0) is 6.07 Å². The Kier molecular flexibility index (Phi) is 3.16. The quantitative estimate of drug-likeness (QED) is 0.730. The molecule has 2 N–H and O–H groups in total. The summed E-state index contributed by atoms with van der Waals surface area (Å²) >= 11 is 0. The lowest BCUT2D eigenvalue weighted by molar-refractivity contribution is 0.121. The van der Waals surface area contributed by atoms with E-state index in [4.69, 9.17) is 10.6 Å². The first-order valence-electron chi connectivity index (χ1n) is 3.52. The van der Waals surface area contributed by atoms with Gasteiger partial charge in [-0.3, -0.25) is 4.84 Å². The highest BCUT2D eigenvalue weighted by molar-refractivity contribution is 5.34. The van der Waals surface area contributed by atoms with E-state index in [0.717, 1.165) is 12.1 Å². The summed E-state index contributed by atoms with van der Waals surface area (Å²) in [5.41, 5.74) is 0.365. The van der Waals surface area contributed by atoms with Gasteiger partial charge < -0.3 is 4.74 Å². The lowest BCUT2D eigenvalue weighted by Gasteiger charge is -2.07. The molecular formula is C8H9F2NO2. The Bertz CT molecular complexity index is 304. The minimum absolute atomic E-state index is 0.0274. The van der Waals surface area contributed by atoms with Gasteiger partial charge in [0, 0.05) is 11.6 Å². The summed E-state index contributed by atoms with van der Waals surface area (Å²) < 4.78 is 30.1. The second-order valence-corrected chi connectivity index (χ2v) is 2.39. The van der Waals surface area contributed by atoms with Crippen LogP contribution in [0.1, 0.15) is 5.56 Å². The maximum atomic E-state index is 12.7. The number of methoxy groups -OCH3 is 1. The second kappa shape index (κ2) is 4.15. The number of benzene rings is 1. The summed E-state index contributed by atoms with van der Waals surface area (Å²) in [6, 6.07) is 1.94. The molecule has 0 bridgehead atoms. The van der Waals surface area contributed by atoms with Crippen LogP contribution in [0.3, 0.4) is 0 Å². The maximum Gasteiger partial charge on any atom is 0.162 e. The SMILES string of the molecule is COc1cc(F)c(F)cc1CON. The van der Waals surface area contributed by atoms with Crippen molar-refractivity contribution in [2.45, 2.75) is 6.61 Å². The second-order valence-electron chi connectivity index (χ2n) is 2.39. The minimum Gasteiger partial charge on any atom is -0.496 e. The Balaban J connectivity index is 3.09. The van der Waals surface area contributed by atoms with Gasteiger partial charge in [0.15, 0.2) is 11.6 Å². The summed E-state index contributed by atoms with van der Waals surface area (Å²) in [5, 5.41) is 0. The van der Waals surface area contributed by atoms with Crippen molar-refractivity contribution in [2.24, 2.45) is 5.90 Å². The molecule has 3 nitrogen and oxygen atoms in total. The Morgan fingerprint density at radius 1 is 1.31 bits per heavy atom. The number of halogens is 2. The Hall–Kier alpha value is -1.20. The zero-order chi connectivity index (χ0) is 9.84. The van der Waals surface area contributed by atoms with Gasteiger partial charge in [0.1, 0.15) is 5.75 Å². The van der Waals surface area contributed by atoms with Gasteiger partial charge in [0.2, 0.25) is 0 Å². The highest BCUT2D eigenvalue weighted by atomic mass is 19.2. The van der Waals surface area contributed by atoms with E-state index in [1.165, 1.54) is 7.11 Å². The van der Waals surface area contributed by atoms with E-state index < -0.39 is 11.6 Å². The van der Waals surface area contributed by atoms with Crippen molar-refractivity contribution in [1.82, 2.24) is 0 Å². The first kappa shape index (κ1) is 9.88. The average molecular weight is 189 g/mol. The molecule has 0 saturated carbocycles. The molecular weight excluding hydrogens is 180 g/mol. The van der Waals surface area contributed by atoms with Crippen LogP contribution in [-0.2, 0) is 11.4 Å². The number of nitrogens with two attached hydrogens (primary N) is 1. The molecule has 0 aliphatic rings. The molecule has 0 aromatic heterocycles. The summed E-state index contributed by atoms with van der Waals surface area (Å²) in [6.07, 6.45) is 0. The number of rotatable bonds is 3. The number of hydrogen-bond acceptors (Lipinski definition) is 3. The van der Waals surface area contributed by atoms with Crippen LogP contribution < -0.4 is 10.6 Å². The van der Waals surface area contributed by atoms with E-state index in [1.807, 2.05) is 0 Å². The van der Waals surface area contributed by atoms with Crippen molar-refractivity contribution in [3.05, 3.63) is 29.3 Å². The first-order valence-corrected chi connectivity index (χ1v) is 3.52. The predicted octanol–water partition coefficient (Wildman–Crippen LogP) is 1.36. The zero-order valence-electron chi connectivity index (χ0n) is 7.01. The van der Waals surface area contributed by atoms with Gasteiger partial charge in [-0.1, -0.05) is 0 Å². The summed E-state index contributed by atoms with van der Waals surface area (Å²) in [5.74, 6) is 3.10. The number of ether oxygens (including phenoxy) is 1. The Labute approximate surface area is 74.0 Å². The van der Waals surface area contributed by atoms with Crippen molar-refractivity contribution >= 4 is 0 Å². The van der Waals surface area contributed by atoms with Crippen molar-refractivity contribution in [2.75, 3.05) is 7.11 Å². The smallest absolute Gasteiger partial charge is 0.162 e. The van der Waals surface area contributed by atoms with Crippen molar-refractivity contribution < 1.29 is 18.4 Å². The highest BCUT2D eigenvalue weighted by Gasteiger charge is 2.09. The molecule has 0 fully saturated rings. The molecule has 72 valence electrons. The van der Waals surface area contributed by atoms with Crippen LogP contribution in [0.5, 0.6) is 5.75 Å². The highest BCUT2D eigenvalue weighted by Crippen LogP contribution is 2.22. The van der Waals surface area contributed by atoms with Gasteiger partial charge in [-0.2, -0.15) is 0 Å². The third kappa shape index (κ3) is 2.13. The summed E-state index contributed by atoms with van der Waals surface area (Å²) in [6.45, 7) is -0.0274. The van der Waals surface area contributed by atoms with Crippen LogP contribution in [0.4, 0.5) is 8.78 Å². The number of hydrogen-bond donors (Lipinski definition) is 1. The molecule has 0 saturated heterocycles. The molecule has 0 atom stereocenters. The summed E-state index contributed by atoms with van der Waals surface area (Å²) in [4.78, 5) is 4.30. The van der Waals surface area contributed by atoms with E-state index in [-0.39, 0.29) is 12.4 Å². The average Bonchev–Trinajstić information content (AvgIpc) is 2.11. The lowest BCUT2D eigenvalue weighted by Crippen LogP contribution is -2.02. The van der Waals surface area contributed by atoms with E-state index in [1.54, 1.807) is 0 Å². The largest absolute Gasteiger partial charge is 0.496 e. The lowest BCUT2D eigenvalue weighted by atomic mass is 10.2. The van der Waals surface area contributed by atoms with Gasteiger partial charge in [0.25, 0.3) is 0 Å². The first-order chi connectivity index (χ1) is 6.19. The molecule has 0 amide bonds.